The molecule has 3 aromatic heterocycles. The molecule has 1 amide bonds. The molecule has 9 nitrogen and oxygen atoms in total. The van der Waals surface area contributed by atoms with E-state index in [1.807, 2.05) is 48.4 Å². The molecule has 0 radical (unpaired) electrons. The van der Waals surface area contributed by atoms with Crippen molar-refractivity contribution in [3.05, 3.63) is 59.3 Å². The maximum atomic E-state index is 12.9. The monoisotopic (exact) mass is 488 g/mol. The summed E-state index contributed by atoms with van der Waals surface area (Å²) in [6.07, 6.45) is 1.53. The normalized spacial score (nSPS) is 15.1. The summed E-state index contributed by atoms with van der Waals surface area (Å²) in [6.45, 7) is 6.43. The van der Waals surface area contributed by atoms with Gasteiger partial charge in [0.2, 0.25) is 17.5 Å². The lowest BCUT2D eigenvalue weighted by Gasteiger charge is -2.37. The number of piperazine rings is 1. The molecule has 1 atom stereocenters. The number of nitrogens with zero attached hydrogens (tertiary/aromatic N) is 5. The van der Waals surface area contributed by atoms with Crippen molar-refractivity contribution in [1.82, 2.24) is 14.9 Å². The summed E-state index contributed by atoms with van der Waals surface area (Å²) in [5, 5.41) is 15.0. The first-order valence-corrected chi connectivity index (χ1v) is 12.2. The highest BCUT2D eigenvalue weighted by atomic mass is 32.1. The summed E-state index contributed by atoms with van der Waals surface area (Å²) >= 11 is 1.42. The number of oxazole rings is 1. The molecule has 1 N–H and O–H groups in total. The zero-order chi connectivity index (χ0) is 24.4. The molecule has 0 aliphatic carbocycles. The van der Waals surface area contributed by atoms with E-state index in [-0.39, 0.29) is 23.5 Å². The third kappa shape index (κ3) is 4.82. The van der Waals surface area contributed by atoms with Gasteiger partial charge >= 0.3 is 0 Å². The molecule has 0 bridgehead atoms. The number of carbonyl (C=O) groups excluding carboxylic acids is 1. The van der Waals surface area contributed by atoms with Gasteiger partial charge < -0.3 is 19.1 Å². The van der Waals surface area contributed by atoms with Crippen LogP contribution < -0.4 is 10.2 Å². The predicted molar refractivity (Wildman–Crippen MR) is 133 cm³/mol. The summed E-state index contributed by atoms with van der Waals surface area (Å²) in [4.78, 5) is 25.8. The van der Waals surface area contributed by atoms with E-state index in [9.17, 15) is 10.1 Å². The van der Waals surface area contributed by atoms with Crippen molar-refractivity contribution >= 4 is 28.3 Å². The first kappa shape index (κ1) is 22.8. The molecule has 178 valence electrons. The van der Waals surface area contributed by atoms with E-state index in [1.54, 1.807) is 12.1 Å². The Morgan fingerprint density at radius 3 is 2.63 bits per heavy atom. The molecular formula is C25H24N6O3S. The number of amides is 1. The Hall–Kier alpha value is -3.94. The van der Waals surface area contributed by atoms with Gasteiger partial charge in [0.25, 0.3) is 5.89 Å². The average molecular weight is 489 g/mol. The van der Waals surface area contributed by atoms with Crippen LogP contribution in [-0.2, 0) is 4.79 Å². The minimum Gasteiger partial charge on any atom is -0.459 e. The van der Waals surface area contributed by atoms with Gasteiger partial charge in [-0.3, -0.25) is 9.69 Å². The minimum atomic E-state index is -0.326. The number of carbonyl (C=O) groups is 1. The van der Waals surface area contributed by atoms with Gasteiger partial charge in [-0.2, -0.15) is 10.2 Å². The maximum absolute atomic E-state index is 12.9. The summed E-state index contributed by atoms with van der Waals surface area (Å²) in [5.41, 5.74) is 3.29. The lowest BCUT2D eigenvalue weighted by molar-refractivity contribution is -0.120. The van der Waals surface area contributed by atoms with Gasteiger partial charge in [-0.1, -0.05) is 29.8 Å². The van der Waals surface area contributed by atoms with Gasteiger partial charge in [0.1, 0.15) is 6.07 Å². The highest BCUT2D eigenvalue weighted by Gasteiger charge is 2.29. The van der Waals surface area contributed by atoms with Gasteiger partial charge in [0.15, 0.2) is 10.9 Å². The van der Waals surface area contributed by atoms with E-state index in [1.165, 1.54) is 23.2 Å². The smallest absolute Gasteiger partial charge is 0.266 e. The van der Waals surface area contributed by atoms with Crippen molar-refractivity contribution in [3.63, 3.8) is 0 Å². The SMILES string of the molecule is Cc1ccc(-c2csc(NC(=O)[C@@H](C)N3CCN(c4oc(-c5ccco5)nc4C#N)CC3)n2)cc1. The molecular weight excluding hydrogens is 464 g/mol. The number of aryl methyl sites for hydroxylation is 1. The van der Waals surface area contributed by atoms with Gasteiger partial charge in [-0.15, -0.1) is 11.3 Å². The molecule has 4 aromatic rings. The van der Waals surface area contributed by atoms with E-state index in [0.717, 1.165) is 11.3 Å². The summed E-state index contributed by atoms with van der Waals surface area (Å²) in [6, 6.07) is 13.4. The van der Waals surface area contributed by atoms with Gasteiger partial charge in [0, 0.05) is 37.1 Å². The number of furan rings is 1. The van der Waals surface area contributed by atoms with Crippen LogP contribution in [0.2, 0.25) is 0 Å². The lowest BCUT2D eigenvalue weighted by Crippen LogP contribution is -2.52. The molecule has 0 spiro atoms. The number of hydrogen-bond acceptors (Lipinski definition) is 9. The molecule has 0 unspecified atom stereocenters. The minimum absolute atomic E-state index is 0.0965. The van der Waals surface area contributed by atoms with Crippen molar-refractivity contribution in [2.75, 3.05) is 36.4 Å². The van der Waals surface area contributed by atoms with Gasteiger partial charge in [-0.05, 0) is 26.0 Å². The zero-order valence-electron chi connectivity index (χ0n) is 19.4. The number of thiazole rings is 1. The predicted octanol–water partition coefficient (Wildman–Crippen LogP) is 4.39. The highest BCUT2D eigenvalue weighted by Crippen LogP contribution is 2.29. The number of rotatable bonds is 6. The van der Waals surface area contributed by atoms with E-state index in [2.05, 4.69) is 26.3 Å². The second kappa shape index (κ2) is 9.74. The zero-order valence-corrected chi connectivity index (χ0v) is 20.2. The summed E-state index contributed by atoms with van der Waals surface area (Å²) in [5.74, 6) is 1.09. The molecule has 1 saturated heterocycles. The molecule has 35 heavy (non-hydrogen) atoms. The Kier molecular flexibility index (Phi) is 6.35. The number of nitrogens with one attached hydrogen (secondary N) is 1. The van der Waals surface area contributed by atoms with Crippen LogP contribution in [0.25, 0.3) is 22.9 Å². The van der Waals surface area contributed by atoms with Crippen molar-refractivity contribution in [2.24, 2.45) is 0 Å². The molecule has 1 fully saturated rings. The standard InChI is InChI=1S/C25H24N6O3S/c1-16-5-7-18(8-6-16)20-15-35-25(28-20)29-22(32)17(2)30-9-11-31(12-10-30)24-19(14-26)27-23(34-24)21-4-3-13-33-21/h3-8,13,15,17H,9-12H2,1-2H3,(H,28,29,32)/t17-/m1/s1. The molecule has 0 saturated carbocycles. The number of benzene rings is 1. The first-order chi connectivity index (χ1) is 17.0. The third-order valence-electron chi connectivity index (χ3n) is 6.06. The lowest BCUT2D eigenvalue weighted by atomic mass is 10.1. The second-order valence-electron chi connectivity index (χ2n) is 8.35. The third-order valence-corrected chi connectivity index (χ3v) is 6.82. The van der Waals surface area contributed by atoms with E-state index in [0.29, 0.717) is 43.0 Å². The van der Waals surface area contributed by atoms with Crippen molar-refractivity contribution in [3.8, 4) is 29.0 Å². The van der Waals surface area contributed by atoms with Crippen LogP contribution in [0.15, 0.2) is 56.9 Å². The number of nitriles is 1. The van der Waals surface area contributed by atoms with Crippen LogP contribution in [0, 0.1) is 18.3 Å². The summed E-state index contributed by atoms with van der Waals surface area (Å²) < 4.78 is 11.2. The van der Waals surface area contributed by atoms with Crippen LogP contribution in [0.5, 0.6) is 0 Å². The Morgan fingerprint density at radius 2 is 1.94 bits per heavy atom. The number of hydrogen-bond donors (Lipinski definition) is 1. The Morgan fingerprint density at radius 1 is 1.17 bits per heavy atom. The van der Waals surface area contributed by atoms with Crippen molar-refractivity contribution in [1.29, 1.82) is 5.26 Å². The Labute approximate surface area is 206 Å². The molecule has 1 aliphatic rings. The van der Waals surface area contributed by atoms with Crippen molar-refractivity contribution < 1.29 is 13.6 Å². The van der Waals surface area contributed by atoms with Gasteiger partial charge in [0.05, 0.1) is 18.0 Å². The second-order valence-corrected chi connectivity index (χ2v) is 9.21. The van der Waals surface area contributed by atoms with E-state index < -0.39 is 0 Å². The fraction of sp³-hybridized carbons (Fsp3) is 0.280. The van der Waals surface area contributed by atoms with Crippen LogP contribution in [0.4, 0.5) is 11.0 Å². The Balaban J connectivity index is 1.19. The van der Waals surface area contributed by atoms with Crippen LogP contribution in [0.3, 0.4) is 0 Å². The van der Waals surface area contributed by atoms with Gasteiger partial charge in [-0.25, -0.2) is 4.98 Å². The average Bonchev–Trinajstić information content (AvgIpc) is 3.65. The molecule has 4 heterocycles. The van der Waals surface area contributed by atoms with E-state index in [4.69, 9.17) is 8.83 Å². The molecule has 5 rings (SSSR count). The van der Waals surface area contributed by atoms with Crippen LogP contribution in [-0.4, -0.2) is 53.0 Å². The molecule has 1 aromatic carbocycles. The largest absolute Gasteiger partial charge is 0.459 e. The Bertz CT molecular complexity index is 1340. The van der Waals surface area contributed by atoms with Crippen LogP contribution >= 0.6 is 11.3 Å². The van der Waals surface area contributed by atoms with Crippen molar-refractivity contribution in [2.45, 2.75) is 19.9 Å². The first-order valence-electron chi connectivity index (χ1n) is 11.3. The van der Waals surface area contributed by atoms with Crippen LogP contribution in [0.1, 0.15) is 18.2 Å². The number of aromatic nitrogens is 2. The highest BCUT2D eigenvalue weighted by molar-refractivity contribution is 7.14. The quantitative estimate of drug-likeness (QED) is 0.425. The number of anilines is 2. The molecule has 10 heteroatoms. The topological polar surface area (TPSA) is 111 Å². The molecule has 1 aliphatic heterocycles. The fourth-order valence-electron chi connectivity index (χ4n) is 3.98. The maximum Gasteiger partial charge on any atom is 0.266 e. The fourth-order valence-corrected chi connectivity index (χ4v) is 4.70. The van der Waals surface area contributed by atoms with E-state index >= 15 is 0 Å². The summed E-state index contributed by atoms with van der Waals surface area (Å²) in [7, 11) is 0.